The molecule has 0 saturated carbocycles. The Labute approximate surface area is 174 Å². The number of nitrogens with zero attached hydrogens (tertiary/aromatic N) is 3. The van der Waals surface area contributed by atoms with Gasteiger partial charge in [-0.3, -0.25) is 9.69 Å². The number of aromatic nitrogens is 1. The lowest BCUT2D eigenvalue weighted by Crippen LogP contribution is -2.37. The molecule has 0 bridgehead atoms. The summed E-state index contributed by atoms with van der Waals surface area (Å²) in [6.45, 7) is 3.03. The predicted octanol–water partition coefficient (Wildman–Crippen LogP) is 4.38. The fourth-order valence-electron chi connectivity index (χ4n) is 2.74. The van der Waals surface area contributed by atoms with Crippen molar-refractivity contribution in [2.75, 3.05) is 39.2 Å². The zero-order chi connectivity index (χ0) is 19.6. The van der Waals surface area contributed by atoms with Crippen LogP contribution in [0.2, 0.25) is 0 Å². The topological polar surface area (TPSA) is 45.7 Å². The normalized spacial score (nSPS) is 10.8. The van der Waals surface area contributed by atoms with Crippen molar-refractivity contribution in [2.45, 2.75) is 6.92 Å². The molecule has 0 aliphatic rings. The van der Waals surface area contributed by atoms with Crippen molar-refractivity contribution in [3.63, 3.8) is 0 Å². The van der Waals surface area contributed by atoms with E-state index in [-0.39, 0.29) is 18.0 Å². The molecule has 1 heterocycles. The fourth-order valence-corrected chi connectivity index (χ4v) is 3.82. The van der Waals surface area contributed by atoms with E-state index in [0.29, 0.717) is 29.5 Å². The van der Waals surface area contributed by atoms with Crippen molar-refractivity contribution in [1.29, 1.82) is 0 Å². The summed E-state index contributed by atoms with van der Waals surface area (Å²) in [6.07, 6.45) is 0. The number of hydrogen-bond acceptors (Lipinski definition) is 5. The van der Waals surface area contributed by atoms with E-state index in [1.807, 2.05) is 38.1 Å². The van der Waals surface area contributed by atoms with Crippen LogP contribution in [-0.2, 0) is 0 Å². The van der Waals surface area contributed by atoms with E-state index in [9.17, 15) is 9.18 Å². The maximum absolute atomic E-state index is 14.2. The summed E-state index contributed by atoms with van der Waals surface area (Å²) in [6, 6.07) is 9.85. The van der Waals surface area contributed by atoms with Gasteiger partial charge in [-0.1, -0.05) is 29.5 Å². The molecule has 0 radical (unpaired) electrons. The number of halogens is 2. The Morgan fingerprint density at radius 2 is 1.89 bits per heavy atom. The Hall–Kier alpha value is -2.22. The molecule has 2 aromatic carbocycles. The molecule has 1 amide bonds. The average molecular weight is 424 g/mol. The van der Waals surface area contributed by atoms with E-state index in [0.717, 1.165) is 10.3 Å². The number of methoxy groups -OCH3 is 1. The number of fused-ring (bicyclic) bond motifs is 1. The predicted molar refractivity (Wildman–Crippen MR) is 115 cm³/mol. The Kier molecular flexibility index (Phi) is 7.35. The lowest BCUT2D eigenvalue weighted by atomic mass is 10.2. The van der Waals surface area contributed by atoms with Crippen LogP contribution in [-0.4, -0.2) is 50.1 Å². The van der Waals surface area contributed by atoms with Crippen LogP contribution in [0.1, 0.15) is 15.9 Å². The Morgan fingerprint density at radius 3 is 2.54 bits per heavy atom. The summed E-state index contributed by atoms with van der Waals surface area (Å²) in [5.41, 5.74) is 1.81. The molecule has 5 nitrogen and oxygen atoms in total. The highest BCUT2D eigenvalue weighted by molar-refractivity contribution is 7.22. The zero-order valence-electron chi connectivity index (χ0n) is 16.2. The fraction of sp³-hybridized carbons (Fsp3) is 0.300. The zero-order valence-corrected chi connectivity index (χ0v) is 17.9. The summed E-state index contributed by atoms with van der Waals surface area (Å²) in [4.78, 5) is 21.3. The van der Waals surface area contributed by atoms with E-state index in [1.165, 1.54) is 23.5 Å². The van der Waals surface area contributed by atoms with Crippen LogP contribution in [0.3, 0.4) is 0 Å². The average Bonchev–Trinajstić information content (AvgIpc) is 3.08. The summed E-state index contributed by atoms with van der Waals surface area (Å²) in [7, 11) is 5.45. The van der Waals surface area contributed by atoms with Gasteiger partial charge in [0, 0.05) is 13.1 Å². The van der Waals surface area contributed by atoms with Gasteiger partial charge in [0.1, 0.15) is 17.1 Å². The van der Waals surface area contributed by atoms with Crippen molar-refractivity contribution < 1.29 is 13.9 Å². The lowest BCUT2D eigenvalue weighted by Gasteiger charge is -2.22. The van der Waals surface area contributed by atoms with E-state index >= 15 is 0 Å². The molecule has 0 aliphatic carbocycles. The number of anilines is 1. The summed E-state index contributed by atoms with van der Waals surface area (Å²) >= 11 is 1.42. The molecule has 3 aromatic rings. The van der Waals surface area contributed by atoms with Crippen LogP contribution in [0.4, 0.5) is 9.52 Å². The Balaban J connectivity index is 0.00000280. The summed E-state index contributed by atoms with van der Waals surface area (Å²) in [5, 5.41) is 0.535. The molecule has 8 heteroatoms. The quantitative estimate of drug-likeness (QED) is 0.590. The molecule has 3 rings (SSSR count). The first kappa shape index (κ1) is 22.1. The van der Waals surface area contributed by atoms with E-state index in [4.69, 9.17) is 4.74 Å². The number of ether oxygens (including phenoxy) is 1. The van der Waals surface area contributed by atoms with Gasteiger partial charge in [-0.2, -0.15) is 0 Å². The highest BCUT2D eigenvalue weighted by Crippen LogP contribution is 2.36. The lowest BCUT2D eigenvalue weighted by molar-refractivity contribution is 0.0981. The van der Waals surface area contributed by atoms with Gasteiger partial charge in [0.2, 0.25) is 0 Å². The molecule has 0 spiro atoms. The van der Waals surface area contributed by atoms with Crippen molar-refractivity contribution >= 4 is 45.0 Å². The Morgan fingerprint density at radius 1 is 1.18 bits per heavy atom. The number of carbonyl (C=O) groups excluding carboxylic acids is 1. The number of aryl methyl sites for hydroxylation is 1. The molecule has 28 heavy (non-hydrogen) atoms. The van der Waals surface area contributed by atoms with Gasteiger partial charge in [0.25, 0.3) is 5.91 Å². The third kappa shape index (κ3) is 4.43. The van der Waals surface area contributed by atoms with Gasteiger partial charge < -0.3 is 9.64 Å². The third-order valence-corrected chi connectivity index (χ3v) is 5.48. The maximum Gasteiger partial charge on any atom is 0.263 e. The van der Waals surface area contributed by atoms with Crippen LogP contribution in [0.15, 0.2) is 36.4 Å². The first-order chi connectivity index (χ1) is 12.9. The van der Waals surface area contributed by atoms with Crippen molar-refractivity contribution in [2.24, 2.45) is 0 Å². The first-order valence-electron chi connectivity index (χ1n) is 8.57. The molecule has 0 atom stereocenters. The summed E-state index contributed by atoms with van der Waals surface area (Å²) in [5.74, 6) is -0.276. The highest BCUT2D eigenvalue weighted by Gasteiger charge is 2.24. The number of carbonyl (C=O) groups is 1. The molecule has 150 valence electrons. The second kappa shape index (κ2) is 9.32. The van der Waals surface area contributed by atoms with Gasteiger partial charge >= 0.3 is 0 Å². The van der Waals surface area contributed by atoms with Crippen molar-refractivity contribution in [1.82, 2.24) is 9.88 Å². The first-order valence-corrected chi connectivity index (χ1v) is 9.39. The van der Waals surface area contributed by atoms with Crippen LogP contribution in [0.5, 0.6) is 5.75 Å². The SMILES string of the molecule is COc1ccc(C)c2sc(N(CCN(C)C)C(=O)c3ccccc3F)nc12.Cl. The minimum absolute atomic E-state index is 0. The van der Waals surface area contributed by atoms with Gasteiger partial charge in [-0.25, -0.2) is 9.37 Å². The molecule has 0 fully saturated rings. The molecule has 1 aromatic heterocycles. The van der Waals surface area contributed by atoms with E-state index < -0.39 is 11.7 Å². The standard InChI is InChI=1S/C20H22FN3O2S.ClH/c1-13-9-10-16(26-4)17-18(13)27-20(22-17)24(12-11-23(2)3)19(25)14-7-5-6-8-15(14)21;/h5-10H,11-12H2,1-4H3;1H. The number of hydrogen-bond donors (Lipinski definition) is 0. The number of rotatable bonds is 6. The molecular weight excluding hydrogens is 401 g/mol. The highest BCUT2D eigenvalue weighted by atomic mass is 35.5. The van der Waals surface area contributed by atoms with E-state index in [2.05, 4.69) is 4.98 Å². The van der Waals surface area contributed by atoms with Gasteiger partial charge in [0.15, 0.2) is 5.13 Å². The smallest absolute Gasteiger partial charge is 0.263 e. The molecular formula is C20H23ClFN3O2S. The molecule has 0 unspecified atom stereocenters. The van der Waals surface area contributed by atoms with Crippen molar-refractivity contribution in [3.8, 4) is 5.75 Å². The van der Waals surface area contributed by atoms with Crippen molar-refractivity contribution in [3.05, 3.63) is 53.3 Å². The largest absolute Gasteiger partial charge is 0.494 e. The summed E-state index contributed by atoms with van der Waals surface area (Å²) < 4.78 is 20.6. The Bertz CT molecular complexity index is 977. The monoisotopic (exact) mass is 423 g/mol. The maximum atomic E-state index is 14.2. The minimum Gasteiger partial charge on any atom is -0.494 e. The van der Waals surface area contributed by atoms with Gasteiger partial charge in [0.05, 0.1) is 17.4 Å². The van der Waals surface area contributed by atoms with Gasteiger partial charge in [-0.15, -0.1) is 12.4 Å². The second-order valence-electron chi connectivity index (χ2n) is 6.50. The number of benzene rings is 2. The van der Waals surface area contributed by atoms with Crippen LogP contribution < -0.4 is 9.64 Å². The van der Waals surface area contributed by atoms with Gasteiger partial charge in [-0.05, 0) is 44.8 Å². The minimum atomic E-state index is -0.535. The van der Waals surface area contributed by atoms with Crippen LogP contribution >= 0.6 is 23.7 Å². The molecule has 0 aliphatic heterocycles. The van der Waals surface area contributed by atoms with Crippen LogP contribution in [0, 0.1) is 12.7 Å². The molecule has 0 saturated heterocycles. The number of thiazole rings is 1. The number of amides is 1. The second-order valence-corrected chi connectivity index (χ2v) is 7.48. The van der Waals surface area contributed by atoms with Crippen LogP contribution in [0.25, 0.3) is 10.2 Å². The third-order valence-electron chi connectivity index (χ3n) is 4.26. The van der Waals surface area contributed by atoms with E-state index in [1.54, 1.807) is 24.1 Å². The number of likely N-dealkylation sites (N-methyl/N-ethyl adjacent to an activating group) is 1. The molecule has 0 N–H and O–H groups in total.